The van der Waals surface area contributed by atoms with Crippen molar-refractivity contribution >= 4 is 28.2 Å². The number of carbonyl (C=O) groups is 1. The summed E-state index contributed by atoms with van der Waals surface area (Å²) in [6.45, 7) is 3.65. The van der Waals surface area contributed by atoms with Gasteiger partial charge >= 0.3 is 0 Å². The van der Waals surface area contributed by atoms with Gasteiger partial charge in [-0.15, -0.1) is 0 Å². The molecule has 1 saturated carbocycles. The third-order valence-corrected chi connectivity index (χ3v) is 5.13. The van der Waals surface area contributed by atoms with Crippen molar-refractivity contribution in [2.24, 2.45) is 0 Å². The molecular weight excluding hydrogens is 290 g/mol. The minimum absolute atomic E-state index is 0.120. The molecule has 0 spiro atoms. The summed E-state index contributed by atoms with van der Waals surface area (Å²) in [7, 11) is 1.70. The van der Waals surface area contributed by atoms with E-state index in [0.717, 1.165) is 44.2 Å². The monoisotopic (exact) mass is 311 g/mol. The van der Waals surface area contributed by atoms with Crippen LogP contribution < -0.4 is 21.3 Å². The van der Waals surface area contributed by atoms with E-state index in [1.807, 2.05) is 0 Å². The van der Waals surface area contributed by atoms with Gasteiger partial charge in [0.1, 0.15) is 10.7 Å². The quantitative estimate of drug-likeness (QED) is 0.727. The highest BCUT2D eigenvalue weighted by molar-refractivity contribution is 7.18. The number of nitrogens with zero attached hydrogens (tertiary/aromatic N) is 2. The lowest BCUT2D eigenvalue weighted by molar-refractivity contribution is 0.0177. The van der Waals surface area contributed by atoms with Crippen LogP contribution in [0, 0.1) is 0 Å². The summed E-state index contributed by atoms with van der Waals surface area (Å²) in [4.78, 5) is 19.3. The number of nitrogens with two attached hydrogens (primary N) is 1. The van der Waals surface area contributed by atoms with E-state index in [9.17, 15) is 4.79 Å². The van der Waals surface area contributed by atoms with E-state index in [1.165, 1.54) is 11.3 Å². The van der Waals surface area contributed by atoms with Gasteiger partial charge in [0.2, 0.25) is 0 Å². The number of hydrogen-bond acceptors (Lipinski definition) is 7. The summed E-state index contributed by atoms with van der Waals surface area (Å²) < 4.78 is 5.21. The van der Waals surface area contributed by atoms with Crippen molar-refractivity contribution in [3.05, 3.63) is 4.88 Å². The van der Waals surface area contributed by atoms with E-state index >= 15 is 0 Å². The number of nitrogens with one attached hydrogen (secondary N) is 2. The van der Waals surface area contributed by atoms with Gasteiger partial charge in [0, 0.05) is 39.3 Å². The Morgan fingerprint density at radius 1 is 1.48 bits per heavy atom. The molecule has 21 heavy (non-hydrogen) atoms. The molecule has 3 rings (SSSR count). The number of methoxy groups -OCH3 is 1. The normalized spacial score (nSPS) is 25.5. The average molecular weight is 311 g/mol. The van der Waals surface area contributed by atoms with Crippen LogP contribution >= 0.6 is 11.3 Å². The molecule has 1 aliphatic carbocycles. The Kier molecular flexibility index (Phi) is 4.27. The van der Waals surface area contributed by atoms with Gasteiger partial charge in [0.05, 0.1) is 6.10 Å². The number of rotatable bonds is 4. The molecule has 1 amide bonds. The number of ether oxygens (including phenoxy) is 1. The topological polar surface area (TPSA) is 92.5 Å². The predicted molar refractivity (Wildman–Crippen MR) is 82.9 cm³/mol. The van der Waals surface area contributed by atoms with Gasteiger partial charge < -0.3 is 26.0 Å². The molecule has 7 nitrogen and oxygen atoms in total. The van der Waals surface area contributed by atoms with Gasteiger partial charge in [-0.05, 0) is 12.8 Å². The summed E-state index contributed by atoms with van der Waals surface area (Å²) in [5, 5.41) is 7.12. The smallest absolute Gasteiger partial charge is 0.265 e. The van der Waals surface area contributed by atoms with Gasteiger partial charge in [-0.25, -0.2) is 4.98 Å². The first-order valence-electron chi connectivity index (χ1n) is 7.23. The number of piperazine rings is 1. The molecule has 116 valence electrons. The summed E-state index contributed by atoms with van der Waals surface area (Å²) >= 11 is 1.38. The summed E-state index contributed by atoms with van der Waals surface area (Å²) in [5.74, 6) is 0.208. The molecule has 4 N–H and O–H groups in total. The number of anilines is 2. The number of carbonyl (C=O) groups excluding carboxylic acids is 1. The molecule has 2 heterocycles. The maximum absolute atomic E-state index is 12.3. The molecule has 2 fully saturated rings. The van der Waals surface area contributed by atoms with Gasteiger partial charge in [-0.3, -0.25) is 4.79 Å². The van der Waals surface area contributed by atoms with Crippen LogP contribution in [0.5, 0.6) is 0 Å². The van der Waals surface area contributed by atoms with E-state index < -0.39 is 0 Å². The number of aromatic nitrogens is 1. The maximum Gasteiger partial charge on any atom is 0.265 e. The van der Waals surface area contributed by atoms with Crippen LogP contribution in [0.25, 0.3) is 0 Å². The Morgan fingerprint density at radius 3 is 2.86 bits per heavy atom. The van der Waals surface area contributed by atoms with Crippen LogP contribution in [0.2, 0.25) is 0 Å². The van der Waals surface area contributed by atoms with Crippen LogP contribution in [-0.4, -0.2) is 56.3 Å². The Hall–Kier alpha value is -1.38. The van der Waals surface area contributed by atoms with Crippen LogP contribution in [0.4, 0.5) is 10.9 Å². The Labute approximate surface area is 127 Å². The van der Waals surface area contributed by atoms with Crippen LogP contribution in [0.1, 0.15) is 22.5 Å². The summed E-state index contributed by atoms with van der Waals surface area (Å²) in [6.07, 6.45) is 2.00. The molecule has 1 aliphatic heterocycles. The highest BCUT2D eigenvalue weighted by Crippen LogP contribution is 2.29. The zero-order valence-electron chi connectivity index (χ0n) is 12.1. The van der Waals surface area contributed by atoms with Crippen molar-refractivity contribution in [1.29, 1.82) is 0 Å². The summed E-state index contributed by atoms with van der Waals surface area (Å²) in [5.41, 5.74) is 5.91. The van der Waals surface area contributed by atoms with Crippen molar-refractivity contribution in [2.45, 2.75) is 25.0 Å². The lowest BCUT2D eigenvalue weighted by atomic mass is 9.89. The second-order valence-electron chi connectivity index (χ2n) is 5.45. The Balaban J connectivity index is 1.62. The van der Waals surface area contributed by atoms with E-state index in [-0.39, 0.29) is 18.1 Å². The molecular formula is C13H21N5O2S. The van der Waals surface area contributed by atoms with Crippen LogP contribution in [-0.2, 0) is 4.74 Å². The fourth-order valence-corrected chi connectivity index (χ4v) is 3.54. The Bertz CT molecular complexity index is 509. The fourth-order valence-electron chi connectivity index (χ4n) is 2.60. The van der Waals surface area contributed by atoms with Crippen LogP contribution in [0.15, 0.2) is 0 Å². The molecule has 1 aromatic rings. The number of hydrogen-bond donors (Lipinski definition) is 3. The first-order valence-corrected chi connectivity index (χ1v) is 8.04. The van der Waals surface area contributed by atoms with E-state index in [2.05, 4.69) is 20.5 Å². The number of nitrogen functional groups attached to an aromatic ring is 1. The third kappa shape index (κ3) is 3.12. The lowest BCUT2D eigenvalue weighted by Gasteiger charge is -2.34. The molecule has 1 saturated heterocycles. The molecule has 2 aliphatic rings. The van der Waals surface area contributed by atoms with E-state index in [4.69, 9.17) is 10.5 Å². The fraction of sp³-hybridized carbons (Fsp3) is 0.692. The largest absolute Gasteiger partial charge is 0.382 e. The van der Waals surface area contributed by atoms with Gasteiger partial charge in [0.15, 0.2) is 5.13 Å². The minimum Gasteiger partial charge on any atom is -0.382 e. The highest BCUT2D eigenvalue weighted by atomic mass is 32.1. The molecule has 0 bridgehead atoms. The predicted octanol–water partition coefficient (Wildman–Crippen LogP) is 0.0421. The number of thiazole rings is 1. The van der Waals surface area contributed by atoms with Crippen molar-refractivity contribution < 1.29 is 9.53 Å². The van der Waals surface area contributed by atoms with Crippen LogP contribution in [0.3, 0.4) is 0 Å². The first kappa shape index (κ1) is 14.6. The maximum atomic E-state index is 12.3. The second kappa shape index (κ2) is 6.17. The zero-order chi connectivity index (χ0) is 14.8. The first-order chi connectivity index (χ1) is 10.2. The van der Waals surface area contributed by atoms with Gasteiger partial charge in [0.25, 0.3) is 5.91 Å². The van der Waals surface area contributed by atoms with Crippen molar-refractivity contribution in [3.8, 4) is 0 Å². The van der Waals surface area contributed by atoms with Gasteiger partial charge in [-0.2, -0.15) is 0 Å². The lowest BCUT2D eigenvalue weighted by Crippen LogP contribution is -2.47. The third-order valence-electron chi connectivity index (χ3n) is 4.00. The average Bonchev–Trinajstić information content (AvgIpc) is 2.85. The van der Waals surface area contributed by atoms with E-state index in [1.54, 1.807) is 7.11 Å². The van der Waals surface area contributed by atoms with E-state index in [0.29, 0.717) is 10.7 Å². The van der Waals surface area contributed by atoms with Crippen molar-refractivity contribution in [1.82, 2.24) is 15.6 Å². The molecule has 0 aromatic carbocycles. The SMILES string of the molecule is COC1CC(NC(=O)c2sc(N3CCNCC3)nc2N)C1. The van der Waals surface area contributed by atoms with Crippen molar-refractivity contribution in [2.75, 3.05) is 43.9 Å². The molecule has 8 heteroatoms. The standard InChI is InChI=1S/C13H21N5O2S/c1-20-9-6-8(7-9)16-12(19)10-11(14)17-13(21-10)18-4-2-15-3-5-18/h8-9,15H,2-7,14H2,1H3,(H,16,19). The molecule has 0 unspecified atom stereocenters. The summed E-state index contributed by atoms with van der Waals surface area (Å²) in [6, 6.07) is 0.187. The molecule has 0 radical (unpaired) electrons. The van der Waals surface area contributed by atoms with Crippen molar-refractivity contribution in [3.63, 3.8) is 0 Å². The molecule has 0 atom stereocenters. The zero-order valence-corrected chi connectivity index (χ0v) is 12.9. The Morgan fingerprint density at radius 2 is 2.19 bits per heavy atom. The number of amides is 1. The van der Waals surface area contributed by atoms with Gasteiger partial charge in [-0.1, -0.05) is 11.3 Å². The minimum atomic E-state index is -0.120. The highest BCUT2D eigenvalue weighted by Gasteiger charge is 2.31. The molecule has 1 aromatic heterocycles. The second-order valence-corrected chi connectivity index (χ2v) is 6.42.